The molecule has 4 nitrogen and oxygen atoms in total. The van der Waals surface area contributed by atoms with E-state index in [0.29, 0.717) is 24.3 Å². The van der Waals surface area contributed by atoms with E-state index in [4.69, 9.17) is 4.74 Å². The number of nitrogens with one attached hydrogen (secondary N) is 1. The van der Waals surface area contributed by atoms with Gasteiger partial charge >= 0.3 is 0 Å². The van der Waals surface area contributed by atoms with Crippen LogP contribution in [0, 0.1) is 0 Å². The fourth-order valence-electron chi connectivity index (χ4n) is 2.83. The SMILES string of the molecule is O=S1(=O)CCC(NCc2cc(Br)cc3c2OCC3)CC1. The van der Waals surface area contributed by atoms with Gasteiger partial charge in [0.2, 0.25) is 0 Å². The maximum Gasteiger partial charge on any atom is 0.150 e. The lowest BCUT2D eigenvalue weighted by Crippen LogP contribution is -2.37. The number of benzene rings is 1. The minimum absolute atomic E-state index is 0.287. The van der Waals surface area contributed by atoms with Gasteiger partial charge in [-0.15, -0.1) is 0 Å². The largest absolute Gasteiger partial charge is 0.493 e. The molecule has 1 aromatic rings. The predicted molar refractivity (Wildman–Crippen MR) is 81.9 cm³/mol. The van der Waals surface area contributed by atoms with E-state index in [1.807, 2.05) is 0 Å². The van der Waals surface area contributed by atoms with Crippen molar-refractivity contribution >= 4 is 25.8 Å². The van der Waals surface area contributed by atoms with Gasteiger partial charge < -0.3 is 10.1 Å². The highest BCUT2D eigenvalue weighted by Gasteiger charge is 2.24. The number of rotatable bonds is 3. The molecule has 6 heteroatoms. The highest BCUT2D eigenvalue weighted by molar-refractivity contribution is 9.10. The first-order chi connectivity index (χ1) is 9.53. The summed E-state index contributed by atoms with van der Waals surface area (Å²) in [6.45, 7) is 1.48. The molecule has 0 aromatic heterocycles. The van der Waals surface area contributed by atoms with Crippen LogP contribution < -0.4 is 10.1 Å². The molecule has 1 saturated heterocycles. The Bertz CT molecular complexity index is 601. The Balaban J connectivity index is 1.65. The van der Waals surface area contributed by atoms with Crippen molar-refractivity contribution in [2.24, 2.45) is 0 Å². The van der Waals surface area contributed by atoms with Gasteiger partial charge in [-0.05, 0) is 30.5 Å². The molecule has 0 spiro atoms. The molecule has 1 fully saturated rings. The molecule has 0 unspecified atom stereocenters. The molecule has 20 heavy (non-hydrogen) atoms. The summed E-state index contributed by atoms with van der Waals surface area (Å²) in [5.41, 5.74) is 2.41. The first-order valence-electron chi connectivity index (χ1n) is 6.91. The third-order valence-electron chi connectivity index (χ3n) is 3.96. The second-order valence-electron chi connectivity index (χ2n) is 5.46. The molecule has 2 aliphatic rings. The lowest BCUT2D eigenvalue weighted by molar-refractivity contribution is 0.350. The van der Waals surface area contributed by atoms with Crippen LogP contribution in [0.3, 0.4) is 0 Å². The second-order valence-corrected chi connectivity index (χ2v) is 8.68. The van der Waals surface area contributed by atoms with Gasteiger partial charge in [0, 0.05) is 29.0 Å². The van der Waals surface area contributed by atoms with E-state index in [2.05, 4.69) is 33.4 Å². The minimum atomic E-state index is -2.79. The van der Waals surface area contributed by atoms with Crippen molar-refractivity contribution in [3.05, 3.63) is 27.7 Å². The molecule has 0 atom stereocenters. The van der Waals surface area contributed by atoms with Crippen LogP contribution in [0.15, 0.2) is 16.6 Å². The van der Waals surface area contributed by atoms with Gasteiger partial charge in [0.1, 0.15) is 15.6 Å². The molecule has 1 aromatic carbocycles. The Morgan fingerprint density at radius 2 is 2.05 bits per heavy atom. The quantitative estimate of drug-likeness (QED) is 0.897. The zero-order chi connectivity index (χ0) is 14.2. The molecule has 1 N–H and O–H groups in total. The van der Waals surface area contributed by atoms with Crippen molar-refractivity contribution in [3.63, 3.8) is 0 Å². The Labute approximate surface area is 127 Å². The molecule has 0 aliphatic carbocycles. The first kappa shape index (κ1) is 14.4. The highest BCUT2D eigenvalue weighted by atomic mass is 79.9. The van der Waals surface area contributed by atoms with Crippen LogP contribution in [0.5, 0.6) is 5.75 Å². The van der Waals surface area contributed by atoms with Crippen molar-refractivity contribution in [2.45, 2.75) is 31.8 Å². The second kappa shape index (κ2) is 5.66. The minimum Gasteiger partial charge on any atom is -0.493 e. The van der Waals surface area contributed by atoms with Crippen molar-refractivity contribution in [2.75, 3.05) is 18.1 Å². The van der Waals surface area contributed by atoms with E-state index in [9.17, 15) is 8.42 Å². The predicted octanol–water partition coefficient (Wildman–Crippen LogP) is 2.05. The number of hydrogen-bond acceptors (Lipinski definition) is 4. The molecule has 0 radical (unpaired) electrons. The lowest BCUT2D eigenvalue weighted by Gasteiger charge is -2.23. The summed E-state index contributed by atoms with van der Waals surface area (Å²) in [4.78, 5) is 0. The summed E-state index contributed by atoms with van der Waals surface area (Å²) >= 11 is 3.53. The Hall–Kier alpha value is -0.590. The van der Waals surface area contributed by atoms with Gasteiger partial charge in [-0.2, -0.15) is 0 Å². The summed E-state index contributed by atoms with van der Waals surface area (Å²) < 4.78 is 29.6. The number of sulfone groups is 1. The fourth-order valence-corrected chi connectivity index (χ4v) is 4.87. The molecule has 3 rings (SSSR count). The first-order valence-corrected chi connectivity index (χ1v) is 9.53. The van der Waals surface area contributed by atoms with Gasteiger partial charge in [0.15, 0.2) is 0 Å². The Morgan fingerprint density at radius 3 is 2.80 bits per heavy atom. The standard InChI is InChI=1S/C14H18BrNO3S/c15-12-7-10-1-4-19-14(10)11(8-12)9-16-13-2-5-20(17,18)6-3-13/h7-8,13,16H,1-6,9H2. The summed E-state index contributed by atoms with van der Waals surface area (Å²) in [5.74, 6) is 1.61. The van der Waals surface area contributed by atoms with Gasteiger partial charge in [0.25, 0.3) is 0 Å². The summed E-state index contributed by atoms with van der Waals surface area (Å²) in [7, 11) is -2.79. The maximum absolute atomic E-state index is 11.4. The average molecular weight is 360 g/mol. The average Bonchev–Trinajstić information content (AvgIpc) is 2.85. The molecule has 0 saturated carbocycles. The normalized spacial score (nSPS) is 21.4. The molecule has 2 heterocycles. The molecular weight excluding hydrogens is 342 g/mol. The van der Waals surface area contributed by atoms with Crippen molar-refractivity contribution < 1.29 is 13.2 Å². The van der Waals surface area contributed by atoms with Crippen LogP contribution in [-0.2, 0) is 22.8 Å². The van der Waals surface area contributed by atoms with Crippen LogP contribution in [0.2, 0.25) is 0 Å². The third-order valence-corrected chi connectivity index (χ3v) is 6.13. The molecule has 2 aliphatic heterocycles. The smallest absolute Gasteiger partial charge is 0.150 e. The lowest BCUT2D eigenvalue weighted by atomic mass is 10.1. The van der Waals surface area contributed by atoms with Gasteiger partial charge in [-0.25, -0.2) is 8.42 Å². The monoisotopic (exact) mass is 359 g/mol. The van der Waals surface area contributed by atoms with Crippen molar-refractivity contribution in [1.82, 2.24) is 5.32 Å². The molecule has 0 bridgehead atoms. The molecule has 110 valence electrons. The van der Waals surface area contributed by atoms with Gasteiger partial charge in [-0.1, -0.05) is 15.9 Å². The van der Waals surface area contributed by atoms with Crippen LogP contribution in [0.25, 0.3) is 0 Å². The van der Waals surface area contributed by atoms with E-state index in [-0.39, 0.29) is 6.04 Å². The van der Waals surface area contributed by atoms with Gasteiger partial charge in [0.05, 0.1) is 18.1 Å². The van der Waals surface area contributed by atoms with Crippen LogP contribution in [0.1, 0.15) is 24.0 Å². The zero-order valence-corrected chi connectivity index (χ0v) is 13.6. The van der Waals surface area contributed by atoms with E-state index < -0.39 is 9.84 Å². The van der Waals surface area contributed by atoms with E-state index in [1.165, 1.54) is 5.56 Å². The molecule has 0 amide bonds. The fraction of sp³-hybridized carbons (Fsp3) is 0.571. The Morgan fingerprint density at radius 1 is 1.30 bits per heavy atom. The summed E-state index contributed by atoms with van der Waals surface area (Å²) in [5, 5.41) is 3.47. The number of hydrogen-bond donors (Lipinski definition) is 1. The summed E-state index contributed by atoms with van der Waals surface area (Å²) in [6, 6.07) is 4.48. The third kappa shape index (κ3) is 3.18. The van der Waals surface area contributed by atoms with Crippen molar-refractivity contribution in [1.29, 1.82) is 0 Å². The highest BCUT2D eigenvalue weighted by Crippen LogP contribution is 2.33. The Kier molecular flexibility index (Phi) is 4.06. The van der Waals surface area contributed by atoms with E-state index >= 15 is 0 Å². The van der Waals surface area contributed by atoms with Crippen molar-refractivity contribution in [3.8, 4) is 5.75 Å². The van der Waals surface area contributed by atoms with Crippen LogP contribution in [-0.4, -0.2) is 32.6 Å². The maximum atomic E-state index is 11.4. The number of halogens is 1. The summed E-state index contributed by atoms with van der Waals surface area (Å²) in [6.07, 6.45) is 2.38. The van der Waals surface area contributed by atoms with E-state index in [0.717, 1.165) is 35.4 Å². The topological polar surface area (TPSA) is 55.4 Å². The number of ether oxygens (including phenoxy) is 1. The van der Waals surface area contributed by atoms with Crippen LogP contribution >= 0.6 is 15.9 Å². The zero-order valence-electron chi connectivity index (χ0n) is 11.2. The van der Waals surface area contributed by atoms with E-state index in [1.54, 1.807) is 0 Å². The van der Waals surface area contributed by atoms with Crippen LogP contribution in [0.4, 0.5) is 0 Å². The number of fused-ring (bicyclic) bond motifs is 1. The molecular formula is C14H18BrNO3S. The van der Waals surface area contributed by atoms with Gasteiger partial charge in [-0.3, -0.25) is 0 Å².